The van der Waals surface area contributed by atoms with E-state index in [2.05, 4.69) is 53.8 Å². The second-order valence-corrected chi connectivity index (χ2v) is 9.66. The third-order valence-corrected chi connectivity index (χ3v) is 6.80. The first-order valence-corrected chi connectivity index (χ1v) is 11.6. The second-order valence-electron chi connectivity index (χ2n) is 9.66. The molecule has 0 bridgehead atoms. The van der Waals surface area contributed by atoms with Crippen molar-refractivity contribution in [2.45, 2.75) is 46.2 Å². The summed E-state index contributed by atoms with van der Waals surface area (Å²) in [5.74, 6) is 2.75. The molecule has 2 aliphatic rings. The summed E-state index contributed by atoms with van der Waals surface area (Å²) >= 11 is 0. The van der Waals surface area contributed by atoms with Crippen molar-refractivity contribution in [2.75, 3.05) is 37.1 Å². The van der Waals surface area contributed by atoms with Crippen LogP contribution in [0.3, 0.4) is 0 Å². The zero-order chi connectivity index (χ0) is 24.2. The maximum absolute atomic E-state index is 13.1. The molecule has 2 aliphatic heterocycles. The molecule has 3 aromatic rings. The van der Waals surface area contributed by atoms with Gasteiger partial charge < -0.3 is 19.3 Å². The van der Waals surface area contributed by atoms with E-state index in [1.807, 2.05) is 6.92 Å². The van der Waals surface area contributed by atoms with Gasteiger partial charge in [-0.25, -0.2) is 4.98 Å². The number of fused-ring (bicyclic) bond motifs is 2. The minimum atomic E-state index is -0.177. The summed E-state index contributed by atoms with van der Waals surface area (Å²) in [6, 6.07) is 8.23. The third kappa shape index (κ3) is 3.57. The molecular weight excluding hydrogens is 430 g/mol. The zero-order valence-corrected chi connectivity index (χ0v) is 20.7. The molecule has 3 heterocycles. The Kier molecular flexibility index (Phi) is 5.26. The number of nitrogens with one attached hydrogen (secondary N) is 1. The van der Waals surface area contributed by atoms with Gasteiger partial charge in [-0.05, 0) is 51.3 Å². The van der Waals surface area contributed by atoms with Crippen LogP contribution in [-0.2, 0) is 13.0 Å². The number of H-pyrrole nitrogens is 1. The van der Waals surface area contributed by atoms with Crippen molar-refractivity contribution < 1.29 is 9.47 Å². The van der Waals surface area contributed by atoms with Crippen molar-refractivity contribution in [2.24, 2.45) is 4.99 Å². The summed E-state index contributed by atoms with van der Waals surface area (Å²) in [6.45, 7) is 10.6. The molecule has 1 aromatic heterocycles. The summed E-state index contributed by atoms with van der Waals surface area (Å²) in [5.41, 5.74) is 4.88. The van der Waals surface area contributed by atoms with Gasteiger partial charge in [0, 0.05) is 37.0 Å². The van der Waals surface area contributed by atoms with Gasteiger partial charge in [0.15, 0.2) is 11.5 Å². The van der Waals surface area contributed by atoms with Crippen LogP contribution in [0.25, 0.3) is 10.9 Å². The predicted octanol–water partition coefficient (Wildman–Crippen LogP) is 3.83. The smallest absolute Gasteiger partial charge is 0.260 e. The molecular formula is C26H31N5O3. The number of methoxy groups -OCH3 is 2. The lowest BCUT2D eigenvalue weighted by Crippen LogP contribution is -2.36. The summed E-state index contributed by atoms with van der Waals surface area (Å²) in [4.78, 5) is 30.2. The summed E-state index contributed by atoms with van der Waals surface area (Å²) < 4.78 is 10.9. The van der Waals surface area contributed by atoms with Crippen LogP contribution in [0.4, 0.5) is 11.6 Å². The van der Waals surface area contributed by atoms with Gasteiger partial charge in [0.1, 0.15) is 5.84 Å². The number of benzene rings is 2. The summed E-state index contributed by atoms with van der Waals surface area (Å²) in [7, 11) is 3.16. The molecule has 0 spiro atoms. The van der Waals surface area contributed by atoms with Crippen LogP contribution in [0.15, 0.2) is 34.1 Å². The molecule has 0 unspecified atom stereocenters. The minimum Gasteiger partial charge on any atom is -0.493 e. The molecule has 1 N–H and O–H groups in total. The van der Waals surface area contributed by atoms with Crippen LogP contribution in [0.5, 0.6) is 11.5 Å². The van der Waals surface area contributed by atoms with Gasteiger partial charge in [-0.15, -0.1) is 0 Å². The van der Waals surface area contributed by atoms with E-state index < -0.39 is 0 Å². The van der Waals surface area contributed by atoms with Gasteiger partial charge >= 0.3 is 0 Å². The van der Waals surface area contributed by atoms with Gasteiger partial charge in [-0.3, -0.25) is 14.8 Å². The fourth-order valence-corrected chi connectivity index (χ4v) is 5.31. The van der Waals surface area contributed by atoms with Gasteiger partial charge in [0.25, 0.3) is 5.56 Å². The lowest BCUT2D eigenvalue weighted by atomic mass is 9.96. The Bertz CT molecular complexity index is 1380. The number of nitrogens with zero attached hydrogens (tertiary/aromatic N) is 4. The van der Waals surface area contributed by atoms with Crippen LogP contribution in [-0.4, -0.2) is 48.7 Å². The molecule has 0 radical (unpaired) electrons. The first-order chi connectivity index (χ1) is 16.2. The van der Waals surface area contributed by atoms with Crippen molar-refractivity contribution >= 4 is 28.4 Å². The van der Waals surface area contributed by atoms with E-state index in [1.54, 1.807) is 20.3 Å². The molecule has 0 saturated carbocycles. The topological polar surface area (TPSA) is 83.0 Å². The molecule has 0 atom stereocenters. The molecule has 0 saturated heterocycles. The standard InChI is InChI=1S/C26H31N5O3/c1-15-22-19(12-21(33-5)23(15)34-6)27-25(28-24(22)32)30-11-10-18-17(13-30)8-7-9-20(18)31-14-26(3,4)29-16(31)2/h7-9,12H,10-11,13-14H2,1-6H3,(H,27,28,32). The van der Waals surface area contributed by atoms with E-state index in [1.165, 1.54) is 16.8 Å². The molecule has 34 heavy (non-hydrogen) atoms. The average molecular weight is 462 g/mol. The quantitative estimate of drug-likeness (QED) is 0.636. The number of aryl methyl sites for hydroxylation is 1. The Morgan fingerprint density at radius 3 is 2.62 bits per heavy atom. The first-order valence-electron chi connectivity index (χ1n) is 11.6. The largest absolute Gasteiger partial charge is 0.493 e. The maximum atomic E-state index is 13.1. The van der Waals surface area contributed by atoms with E-state index in [0.29, 0.717) is 34.9 Å². The van der Waals surface area contributed by atoms with Crippen molar-refractivity contribution in [3.63, 3.8) is 0 Å². The highest BCUT2D eigenvalue weighted by atomic mass is 16.5. The van der Waals surface area contributed by atoms with E-state index in [9.17, 15) is 4.79 Å². The summed E-state index contributed by atoms with van der Waals surface area (Å²) in [5, 5.41) is 0.521. The minimum absolute atomic E-state index is 0.0795. The molecule has 178 valence electrons. The predicted molar refractivity (Wildman–Crippen MR) is 136 cm³/mol. The monoisotopic (exact) mass is 461 g/mol. The number of aliphatic imine (C=N–C) groups is 1. The number of hydrogen-bond acceptors (Lipinski definition) is 7. The average Bonchev–Trinajstić information content (AvgIpc) is 3.09. The fourth-order valence-electron chi connectivity index (χ4n) is 5.31. The van der Waals surface area contributed by atoms with Crippen LogP contribution in [0.2, 0.25) is 0 Å². The highest BCUT2D eigenvalue weighted by Gasteiger charge is 2.32. The molecule has 5 rings (SSSR count). The number of aromatic nitrogens is 2. The van der Waals surface area contributed by atoms with Gasteiger partial charge in [0.2, 0.25) is 5.95 Å². The maximum Gasteiger partial charge on any atom is 0.260 e. The molecule has 2 aromatic carbocycles. The van der Waals surface area contributed by atoms with Crippen molar-refractivity contribution in [3.8, 4) is 11.5 Å². The van der Waals surface area contributed by atoms with Crippen molar-refractivity contribution in [3.05, 3.63) is 51.3 Å². The van der Waals surface area contributed by atoms with Crippen molar-refractivity contribution in [1.29, 1.82) is 0 Å². The third-order valence-electron chi connectivity index (χ3n) is 6.80. The Morgan fingerprint density at radius 2 is 1.94 bits per heavy atom. The zero-order valence-electron chi connectivity index (χ0n) is 20.7. The SMILES string of the molecule is COc1cc2nc(N3CCc4c(cccc4N4CC(C)(C)N=C4C)C3)[nH]c(=O)c2c(C)c1OC. The molecule has 0 aliphatic carbocycles. The van der Waals surface area contributed by atoms with Crippen LogP contribution in [0.1, 0.15) is 37.5 Å². The van der Waals surface area contributed by atoms with E-state index in [0.717, 1.165) is 30.9 Å². The Morgan fingerprint density at radius 1 is 1.15 bits per heavy atom. The fraction of sp³-hybridized carbons (Fsp3) is 0.423. The van der Waals surface area contributed by atoms with Gasteiger partial charge in [0.05, 0.1) is 30.7 Å². The number of ether oxygens (including phenoxy) is 2. The van der Waals surface area contributed by atoms with Crippen LogP contribution in [0, 0.1) is 6.92 Å². The second kappa shape index (κ2) is 8.04. The number of anilines is 2. The Hall–Kier alpha value is -3.55. The van der Waals surface area contributed by atoms with Crippen LogP contribution < -0.4 is 24.8 Å². The first kappa shape index (κ1) is 22.3. The number of rotatable bonds is 4. The summed E-state index contributed by atoms with van der Waals surface area (Å²) in [6.07, 6.45) is 0.864. The molecule has 0 fully saturated rings. The lowest BCUT2D eigenvalue weighted by molar-refractivity contribution is 0.354. The number of aromatic amines is 1. The lowest BCUT2D eigenvalue weighted by Gasteiger charge is -2.33. The number of amidine groups is 1. The van der Waals surface area contributed by atoms with E-state index >= 15 is 0 Å². The molecule has 0 amide bonds. The van der Waals surface area contributed by atoms with Crippen molar-refractivity contribution in [1.82, 2.24) is 9.97 Å². The van der Waals surface area contributed by atoms with E-state index in [4.69, 9.17) is 19.5 Å². The Balaban J connectivity index is 1.51. The van der Waals surface area contributed by atoms with Crippen LogP contribution >= 0.6 is 0 Å². The van der Waals surface area contributed by atoms with Gasteiger partial charge in [-0.2, -0.15) is 0 Å². The highest BCUT2D eigenvalue weighted by molar-refractivity contribution is 5.99. The molecule has 8 nitrogen and oxygen atoms in total. The van der Waals surface area contributed by atoms with Gasteiger partial charge in [-0.1, -0.05) is 12.1 Å². The normalized spacial score (nSPS) is 17.1. The molecule has 8 heteroatoms. The van der Waals surface area contributed by atoms with E-state index in [-0.39, 0.29) is 11.1 Å². The highest BCUT2D eigenvalue weighted by Crippen LogP contribution is 2.36. The number of hydrogen-bond donors (Lipinski definition) is 1. The Labute approximate surface area is 199 Å².